The summed E-state index contributed by atoms with van der Waals surface area (Å²) in [6, 6.07) is 21.2. The van der Waals surface area contributed by atoms with Crippen LogP contribution < -0.4 is 10.4 Å². The highest BCUT2D eigenvalue weighted by atomic mass is 28.4. The average Bonchev–Trinajstić information content (AvgIpc) is 2.61. The molecule has 2 aromatic carbocycles. The number of methoxy groups -OCH3 is 2. The molecule has 0 aliphatic rings. The van der Waals surface area contributed by atoms with Gasteiger partial charge in [-0.05, 0) is 22.3 Å². The zero-order valence-electron chi connectivity index (χ0n) is 16.2. The van der Waals surface area contributed by atoms with Gasteiger partial charge in [0.05, 0.1) is 6.10 Å². The molecule has 0 amide bonds. The van der Waals surface area contributed by atoms with Crippen molar-refractivity contribution in [3.05, 3.63) is 60.7 Å². The van der Waals surface area contributed by atoms with Crippen LogP contribution in [0.2, 0.25) is 5.04 Å². The van der Waals surface area contributed by atoms with Gasteiger partial charge in [0.25, 0.3) is 8.32 Å². The van der Waals surface area contributed by atoms with Crippen LogP contribution in [0.4, 0.5) is 0 Å². The molecule has 1 atom stereocenters. The molecule has 0 aliphatic carbocycles. The van der Waals surface area contributed by atoms with Crippen LogP contribution in [0.3, 0.4) is 0 Å². The maximum absolute atomic E-state index is 6.91. The lowest BCUT2D eigenvalue weighted by Crippen LogP contribution is -2.68. The highest BCUT2D eigenvalue weighted by molar-refractivity contribution is 6.99. The number of ether oxygens (including phenoxy) is 2. The van der Waals surface area contributed by atoms with Gasteiger partial charge < -0.3 is 13.9 Å². The van der Waals surface area contributed by atoms with Crippen molar-refractivity contribution in [2.24, 2.45) is 0 Å². The standard InChI is InChI=1S/C21H30O3Si/c1-17(20(22-5)23-6)24-25(21(2,3)4,18-13-9-7-10-14-18)19-15-11-8-12-16-19/h7-17,20H,1-6H3/t17-/m0/s1. The van der Waals surface area contributed by atoms with Crippen LogP contribution in [-0.4, -0.2) is 34.9 Å². The van der Waals surface area contributed by atoms with Gasteiger partial charge in [-0.15, -0.1) is 0 Å². The van der Waals surface area contributed by atoms with E-state index >= 15 is 0 Å². The predicted octanol–water partition coefficient (Wildman–Crippen LogP) is 3.57. The van der Waals surface area contributed by atoms with Crippen molar-refractivity contribution in [2.75, 3.05) is 14.2 Å². The molecule has 0 spiro atoms. The second kappa shape index (κ2) is 8.28. The smallest absolute Gasteiger partial charge is 0.261 e. The third kappa shape index (κ3) is 4.03. The quantitative estimate of drug-likeness (QED) is 0.559. The van der Waals surface area contributed by atoms with Crippen LogP contribution in [0, 0.1) is 0 Å². The fraction of sp³-hybridized carbons (Fsp3) is 0.429. The Hall–Kier alpha value is -1.46. The number of rotatable bonds is 7. The Bertz CT molecular complexity index is 594. The summed E-state index contributed by atoms with van der Waals surface area (Å²) in [4.78, 5) is 0. The minimum absolute atomic E-state index is 0.0595. The summed E-state index contributed by atoms with van der Waals surface area (Å²) in [5, 5.41) is 2.45. The minimum atomic E-state index is -2.57. The van der Waals surface area contributed by atoms with E-state index in [4.69, 9.17) is 13.9 Å². The van der Waals surface area contributed by atoms with E-state index in [0.717, 1.165) is 0 Å². The van der Waals surface area contributed by atoms with Crippen molar-refractivity contribution in [3.63, 3.8) is 0 Å². The summed E-state index contributed by atoms with van der Waals surface area (Å²) >= 11 is 0. The Morgan fingerprint density at radius 1 is 0.760 bits per heavy atom. The summed E-state index contributed by atoms with van der Waals surface area (Å²) in [5.41, 5.74) is 0. The molecule has 136 valence electrons. The Balaban J connectivity index is 2.64. The van der Waals surface area contributed by atoms with E-state index in [9.17, 15) is 0 Å². The first-order valence-electron chi connectivity index (χ1n) is 8.71. The van der Waals surface area contributed by atoms with Gasteiger partial charge in [0, 0.05) is 14.2 Å². The van der Waals surface area contributed by atoms with Gasteiger partial charge in [-0.3, -0.25) is 0 Å². The maximum Gasteiger partial charge on any atom is 0.261 e. The lowest BCUT2D eigenvalue weighted by molar-refractivity contribution is -0.153. The Morgan fingerprint density at radius 2 is 1.16 bits per heavy atom. The molecule has 0 saturated carbocycles. The molecule has 0 N–H and O–H groups in total. The van der Waals surface area contributed by atoms with Crippen molar-refractivity contribution in [1.82, 2.24) is 0 Å². The maximum atomic E-state index is 6.91. The van der Waals surface area contributed by atoms with Crippen molar-refractivity contribution in [1.29, 1.82) is 0 Å². The third-order valence-corrected chi connectivity index (χ3v) is 9.76. The molecule has 3 nitrogen and oxygen atoms in total. The molecule has 0 bridgehead atoms. The monoisotopic (exact) mass is 358 g/mol. The van der Waals surface area contributed by atoms with E-state index in [2.05, 4.69) is 69.3 Å². The van der Waals surface area contributed by atoms with Gasteiger partial charge in [-0.25, -0.2) is 0 Å². The number of benzene rings is 2. The highest BCUT2D eigenvalue weighted by Gasteiger charge is 2.51. The van der Waals surface area contributed by atoms with E-state index in [1.807, 2.05) is 19.1 Å². The Kier molecular flexibility index (Phi) is 6.57. The van der Waals surface area contributed by atoms with E-state index < -0.39 is 14.6 Å². The van der Waals surface area contributed by atoms with Crippen LogP contribution in [0.25, 0.3) is 0 Å². The minimum Gasteiger partial charge on any atom is -0.400 e. The highest BCUT2D eigenvalue weighted by Crippen LogP contribution is 2.37. The van der Waals surface area contributed by atoms with Crippen LogP contribution in [0.5, 0.6) is 0 Å². The van der Waals surface area contributed by atoms with Crippen molar-refractivity contribution in [3.8, 4) is 0 Å². The van der Waals surface area contributed by atoms with Crippen molar-refractivity contribution >= 4 is 18.7 Å². The SMILES string of the molecule is COC(OC)[C@H](C)O[Si](c1ccccc1)(c1ccccc1)C(C)(C)C. The van der Waals surface area contributed by atoms with E-state index in [-0.39, 0.29) is 11.1 Å². The molecule has 0 radical (unpaired) electrons. The largest absolute Gasteiger partial charge is 0.400 e. The molecule has 25 heavy (non-hydrogen) atoms. The molecule has 0 saturated heterocycles. The summed E-state index contributed by atoms with van der Waals surface area (Å²) in [6.45, 7) is 8.82. The second-order valence-electron chi connectivity index (χ2n) is 7.33. The van der Waals surface area contributed by atoms with Crippen LogP contribution in [0.15, 0.2) is 60.7 Å². The van der Waals surface area contributed by atoms with Gasteiger partial charge >= 0.3 is 0 Å². The first-order chi connectivity index (χ1) is 11.9. The van der Waals surface area contributed by atoms with E-state index in [1.165, 1.54) is 10.4 Å². The van der Waals surface area contributed by atoms with E-state index in [0.29, 0.717) is 0 Å². The van der Waals surface area contributed by atoms with Crippen molar-refractivity contribution in [2.45, 2.75) is 45.1 Å². The lowest BCUT2D eigenvalue weighted by Gasteiger charge is -2.45. The first kappa shape index (κ1) is 19.9. The molecular weight excluding hydrogens is 328 g/mol. The zero-order valence-corrected chi connectivity index (χ0v) is 17.2. The molecular formula is C21H30O3Si. The summed E-state index contributed by atoms with van der Waals surface area (Å²) < 4.78 is 17.8. The fourth-order valence-electron chi connectivity index (χ4n) is 3.51. The molecule has 2 rings (SSSR count). The molecule has 0 fully saturated rings. The van der Waals surface area contributed by atoms with E-state index in [1.54, 1.807) is 14.2 Å². The Morgan fingerprint density at radius 3 is 1.48 bits per heavy atom. The summed E-state index contributed by atoms with van der Waals surface area (Å²) in [5.74, 6) is 0. The third-order valence-electron chi connectivity index (χ3n) is 4.63. The van der Waals surface area contributed by atoms with Gasteiger partial charge in [0.1, 0.15) is 0 Å². The molecule has 0 aliphatic heterocycles. The molecule has 0 unspecified atom stereocenters. The number of hydrogen-bond acceptors (Lipinski definition) is 3. The van der Waals surface area contributed by atoms with Gasteiger partial charge in [0.15, 0.2) is 6.29 Å². The fourth-order valence-corrected chi connectivity index (χ4v) is 8.19. The van der Waals surface area contributed by atoms with Crippen LogP contribution in [-0.2, 0) is 13.9 Å². The van der Waals surface area contributed by atoms with Crippen LogP contribution >= 0.6 is 0 Å². The topological polar surface area (TPSA) is 27.7 Å². The molecule has 0 heterocycles. The Labute approximate surface area is 153 Å². The molecule has 2 aromatic rings. The molecule has 0 aromatic heterocycles. The van der Waals surface area contributed by atoms with Gasteiger partial charge in [-0.1, -0.05) is 81.4 Å². The predicted molar refractivity (Wildman–Crippen MR) is 106 cm³/mol. The first-order valence-corrected chi connectivity index (χ1v) is 10.6. The van der Waals surface area contributed by atoms with Crippen LogP contribution in [0.1, 0.15) is 27.7 Å². The number of hydrogen-bond donors (Lipinski definition) is 0. The second-order valence-corrected chi connectivity index (χ2v) is 11.6. The average molecular weight is 359 g/mol. The van der Waals surface area contributed by atoms with Gasteiger partial charge in [-0.2, -0.15) is 0 Å². The summed E-state index contributed by atoms with van der Waals surface area (Å²) in [7, 11) is 0.737. The van der Waals surface area contributed by atoms with Crippen molar-refractivity contribution < 1.29 is 13.9 Å². The normalized spacial score (nSPS) is 13.9. The molecule has 4 heteroatoms. The van der Waals surface area contributed by atoms with Gasteiger partial charge in [0.2, 0.25) is 0 Å². The zero-order chi connectivity index (χ0) is 18.5. The lowest BCUT2D eigenvalue weighted by atomic mass is 10.2. The summed E-state index contributed by atoms with van der Waals surface area (Å²) in [6.07, 6.45) is -0.594.